The predicted molar refractivity (Wildman–Crippen MR) is 117 cm³/mol. The fourth-order valence-electron chi connectivity index (χ4n) is 3.88. The molecule has 1 fully saturated rings. The van der Waals surface area contributed by atoms with Crippen molar-refractivity contribution in [3.8, 4) is 22.6 Å². The number of ether oxygens (including phenoxy) is 2. The molecule has 3 aromatic rings. The first kappa shape index (κ1) is 20.5. The Hall–Kier alpha value is -3.43. The van der Waals surface area contributed by atoms with E-state index in [0.717, 1.165) is 5.56 Å². The quantitative estimate of drug-likeness (QED) is 0.607. The summed E-state index contributed by atoms with van der Waals surface area (Å²) in [6, 6.07) is 15.3. The second kappa shape index (κ2) is 7.32. The maximum Gasteiger partial charge on any atom is 0.238 e. The zero-order valence-corrected chi connectivity index (χ0v) is 17.6. The second-order valence-electron chi connectivity index (χ2n) is 7.87. The molecule has 1 aliphatic carbocycles. The van der Waals surface area contributed by atoms with Crippen LogP contribution < -0.4 is 19.9 Å². The van der Waals surface area contributed by atoms with Crippen molar-refractivity contribution in [2.45, 2.75) is 23.2 Å². The summed E-state index contributed by atoms with van der Waals surface area (Å²) in [6.07, 6.45) is 1.37. The number of anilines is 1. The van der Waals surface area contributed by atoms with Crippen LogP contribution in [0.4, 0.5) is 10.1 Å². The van der Waals surface area contributed by atoms with E-state index >= 15 is 0 Å². The van der Waals surface area contributed by atoms with E-state index in [1.54, 1.807) is 12.1 Å². The maximum absolute atomic E-state index is 14.5. The summed E-state index contributed by atoms with van der Waals surface area (Å²) in [5.41, 5.74) is 1.05. The SMILES string of the molecule is NS(=O)(=O)c1cccc(-c2cc(NC(=O)C3(c4ccc5c(c4)OCO5)CC3)ccc2F)c1.[HH]. The molecule has 1 aliphatic heterocycles. The van der Waals surface area contributed by atoms with Gasteiger partial charge < -0.3 is 14.8 Å². The number of rotatable bonds is 5. The summed E-state index contributed by atoms with van der Waals surface area (Å²) in [5.74, 6) is 0.508. The number of sulfonamides is 1. The second-order valence-corrected chi connectivity index (χ2v) is 9.43. The zero-order valence-electron chi connectivity index (χ0n) is 16.8. The molecule has 3 N–H and O–H groups in total. The van der Waals surface area contributed by atoms with Gasteiger partial charge in [-0.1, -0.05) is 18.2 Å². The highest BCUT2D eigenvalue weighted by atomic mass is 32.2. The van der Waals surface area contributed by atoms with Crippen LogP contribution in [0.15, 0.2) is 65.6 Å². The van der Waals surface area contributed by atoms with E-state index in [2.05, 4.69) is 5.32 Å². The third kappa shape index (κ3) is 3.59. The molecule has 5 rings (SSSR count). The van der Waals surface area contributed by atoms with Crippen LogP contribution >= 0.6 is 0 Å². The molecule has 166 valence electrons. The van der Waals surface area contributed by atoms with Gasteiger partial charge >= 0.3 is 0 Å². The standard InChI is InChI=1S/C23H19FN2O5S.H2/c24-19-6-5-16(12-18(19)14-2-1-3-17(10-14)32(25,28)29)26-22(27)23(8-9-23)15-4-7-20-21(11-15)31-13-30-20;/h1-7,10-12H,8-9,13H2,(H,26,27)(H2,25,28,29);1H. The summed E-state index contributed by atoms with van der Waals surface area (Å²) in [6.45, 7) is 0.156. The number of primary sulfonamides is 1. The van der Waals surface area contributed by atoms with Crippen LogP contribution in [0, 0.1) is 5.82 Å². The largest absolute Gasteiger partial charge is 0.454 e. The van der Waals surface area contributed by atoms with Crippen molar-refractivity contribution in [3.05, 3.63) is 72.0 Å². The monoisotopic (exact) mass is 456 g/mol. The minimum Gasteiger partial charge on any atom is -0.454 e. The van der Waals surface area contributed by atoms with Crippen LogP contribution in [-0.4, -0.2) is 21.1 Å². The molecule has 0 unspecified atom stereocenters. The molecule has 1 amide bonds. The summed E-state index contributed by atoms with van der Waals surface area (Å²) >= 11 is 0. The fraction of sp³-hybridized carbons (Fsp3) is 0.174. The Morgan fingerprint density at radius 3 is 2.56 bits per heavy atom. The minimum atomic E-state index is -3.93. The average Bonchev–Trinajstić information content (AvgIpc) is 3.45. The molecular formula is C23H21FN2O5S. The van der Waals surface area contributed by atoms with Crippen LogP contribution in [-0.2, 0) is 20.2 Å². The van der Waals surface area contributed by atoms with Gasteiger partial charge in [-0.05, 0) is 66.4 Å². The van der Waals surface area contributed by atoms with Gasteiger partial charge in [0.25, 0.3) is 0 Å². The van der Waals surface area contributed by atoms with Gasteiger partial charge in [-0.25, -0.2) is 17.9 Å². The molecule has 1 heterocycles. The number of fused-ring (bicyclic) bond motifs is 1. The van der Waals surface area contributed by atoms with Gasteiger partial charge in [0.2, 0.25) is 22.7 Å². The Bertz CT molecular complexity index is 1360. The Balaban J connectivity index is 0.00000259. The molecule has 0 spiro atoms. The van der Waals surface area contributed by atoms with E-state index in [-0.39, 0.29) is 24.6 Å². The van der Waals surface area contributed by atoms with Crippen molar-refractivity contribution in [3.63, 3.8) is 0 Å². The molecule has 7 nitrogen and oxygen atoms in total. The van der Waals surface area contributed by atoms with Crippen molar-refractivity contribution < 1.29 is 28.5 Å². The number of carbonyl (C=O) groups excluding carboxylic acids is 1. The fourth-order valence-corrected chi connectivity index (χ4v) is 4.44. The number of halogens is 1. The molecule has 0 bridgehead atoms. The summed E-state index contributed by atoms with van der Waals surface area (Å²) < 4.78 is 48.6. The lowest BCUT2D eigenvalue weighted by Crippen LogP contribution is -2.27. The molecule has 2 aliphatic rings. The van der Waals surface area contributed by atoms with Gasteiger partial charge in [-0.3, -0.25) is 4.79 Å². The van der Waals surface area contributed by atoms with Gasteiger partial charge in [0.05, 0.1) is 10.3 Å². The third-order valence-corrected chi connectivity index (χ3v) is 6.72. The smallest absolute Gasteiger partial charge is 0.238 e. The molecule has 0 atom stereocenters. The van der Waals surface area contributed by atoms with E-state index in [1.165, 1.54) is 36.4 Å². The van der Waals surface area contributed by atoms with Crippen molar-refractivity contribution in [2.75, 3.05) is 12.1 Å². The Kier molecular flexibility index (Phi) is 4.68. The van der Waals surface area contributed by atoms with Gasteiger partial charge in [0, 0.05) is 12.7 Å². The molecular weight excluding hydrogens is 435 g/mol. The van der Waals surface area contributed by atoms with Gasteiger partial charge in [-0.2, -0.15) is 0 Å². The molecule has 0 aromatic heterocycles. The first-order valence-corrected chi connectivity index (χ1v) is 11.5. The lowest BCUT2D eigenvalue weighted by atomic mass is 9.94. The minimum absolute atomic E-state index is 0. The van der Waals surface area contributed by atoms with E-state index in [4.69, 9.17) is 14.6 Å². The number of nitrogens with two attached hydrogens (primary N) is 1. The first-order chi connectivity index (χ1) is 15.3. The number of benzene rings is 3. The highest BCUT2D eigenvalue weighted by molar-refractivity contribution is 7.89. The molecule has 3 aromatic carbocycles. The van der Waals surface area contributed by atoms with E-state index in [9.17, 15) is 17.6 Å². The lowest BCUT2D eigenvalue weighted by molar-refractivity contribution is -0.118. The summed E-state index contributed by atoms with van der Waals surface area (Å²) in [5, 5.41) is 8.06. The molecule has 0 saturated heterocycles. The van der Waals surface area contributed by atoms with E-state index in [1.807, 2.05) is 12.1 Å². The number of nitrogens with one attached hydrogen (secondary N) is 1. The van der Waals surface area contributed by atoms with Crippen molar-refractivity contribution in [1.29, 1.82) is 0 Å². The first-order valence-electron chi connectivity index (χ1n) is 9.91. The maximum atomic E-state index is 14.5. The van der Waals surface area contributed by atoms with Gasteiger partial charge in [0.15, 0.2) is 11.5 Å². The Labute approximate surface area is 185 Å². The van der Waals surface area contributed by atoms with E-state index < -0.39 is 21.3 Å². The van der Waals surface area contributed by atoms with E-state index in [0.29, 0.717) is 35.6 Å². The summed E-state index contributed by atoms with van der Waals surface area (Å²) in [7, 11) is -3.93. The van der Waals surface area contributed by atoms with Crippen molar-refractivity contribution in [2.24, 2.45) is 5.14 Å². The average molecular weight is 456 g/mol. The van der Waals surface area contributed by atoms with Gasteiger partial charge in [-0.15, -0.1) is 0 Å². The lowest BCUT2D eigenvalue weighted by Gasteiger charge is -2.17. The number of amides is 1. The molecule has 9 heteroatoms. The molecule has 1 saturated carbocycles. The zero-order chi connectivity index (χ0) is 22.5. The molecule has 32 heavy (non-hydrogen) atoms. The Morgan fingerprint density at radius 1 is 1.03 bits per heavy atom. The number of hydrogen-bond acceptors (Lipinski definition) is 5. The number of hydrogen-bond donors (Lipinski definition) is 2. The normalized spacial score (nSPS) is 15.9. The van der Waals surface area contributed by atoms with Crippen molar-refractivity contribution in [1.82, 2.24) is 0 Å². The van der Waals surface area contributed by atoms with Gasteiger partial charge in [0.1, 0.15) is 5.82 Å². The third-order valence-electron chi connectivity index (χ3n) is 5.81. The van der Waals surface area contributed by atoms with Crippen LogP contribution in [0.25, 0.3) is 11.1 Å². The van der Waals surface area contributed by atoms with Crippen LogP contribution in [0.1, 0.15) is 19.8 Å². The summed E-state index contributed by atoms with van der Waals surface area (Å²) in [4.78, 5) is 13.0. The highest BCUT2D eigenvalue weighted by Gasteiger charge is 2.51. The Morgan fingerprint density at radius 2 is 1.81 bits per heavy atom. The topological polar surface area (TPSA) is 108 Å². The highest BCUT2D eigenvalue weighted by Crippen LogP contribution is 2.51. The van der Waals surface area contributed by atoms with Crippen molar-refractivity contribution >= 4 is 21.6 Å². The van der Waals surface area contributed by atoms with Crippen LogP contribution in [0.3, 0.4) is 0 Å². The van der Waals surface area contributed by atoms with Crippen LogP contribution in [0.5, 0.6) is 11.5 Å². The predicted octanol–water partition coefficient (Wildman–Crippen LogP) is 3.79. The van der Waals surface area contributed by atoms with Crippen LogP contribution in [0.2, 0.25) is 0 Å². The molecule has 0 radical (unpaired) electrons. The number of carbonyl (C=O) groups is 1.